The summed E-state index contributed by atoms with van der Waals surface area (Å²) >= 11 is 7.33. The Morgan fingerprint density at radius 2 is 2.19 bits per heavy atom. The van der Waals surface area contributed by atoms with Crippen molar-refractivity contribution < 1.29 is 0 Å². The number of aryl methyl sites for hydroxylation is 1. The smallest absolute Gasteiger partial charge is 0.151 e. The number of hydrogen-bond donors (Lipinski definition) is 1. The normalized spacial score (nSPS) is 12.4. The molecule has 0 saturated heterocycles. The Morgan fingerprint density at radius 1 is 1.38 bits per heavy atom. The van der Waals surface area contributed by atoms with Gasteiger partial charge in [-0.25, -0.2) is 4.98 Å². The van der Waals surface area contributed by atoms with Crippen molar-refractivity contribution in [1.82, 2.24) is 15.2 Å². The van der Waals surface area contributed by atoms with Crippen molar-refractivity contribution in [2.45, 2.75) is 19.9 Å². The molecule has 1 N–H and O–H groups in total. The fraction of sp³-hybridized carbons (Fsp3) is 0.300. The van der Waals surface area contributed by atoms with E-state index < -0.39 is 0 Å². The number of rotatable bonds is 3. The zero-order valence-electron chi connectivity index (χ0n) is 8.94. The molecule has 0 spiro atoms. The molecule has 84 valence electrons. The molecule has 0 aliphatic carbocycles. The van der Waals surface area contributed by atoms with Crippen LogP contribution in [0.4, 0.5) is 5.82 Å². The lowest BCUT2D eigenvalue weighted by molar-refractivity contribution is 0.849. The van der Waals surface area contributed by atoms with Crippen molar-refractivity contribution in [3.05, 3.63) is 33.4 Å². The third-order valence-corrected chi connectivity index (χ3v) is 3.30. The standard InChI is InChI=1S/C10H11ClN4S/c1-6-5-12-10(16-6)7(2)13-9-4-3-8(11)14-15-9/h3-5,7H,1-2H3,(H,13,15). The van der Waals surface area contributed by atoms with Crippen LogP contribution in [-0.2, 0) is 0 Å². The van der Waals surface area contributed by atoms with Gasteiger partial charge in [0.1, 0.15) is 10.8 Å². The molecule has 0 aromatic carbocycles. The summed E-state index contributed by atoms with van der Waals surface area (Å²) in [6, 6.07) is 3.62. The number of nitrogens with zero attached hydrogens (tertiary/aromatic N) is 3. The molecule has 0 fully saturated rings. The molecule has 0 saturated carbocycles. The summed E-state index contributed by atoms with van der Waals surface area (Å²) in [5, 5.41) is 12.3. The van der Waals surface area contributed by atoms with Crippen molar-refractivity contribution in [3.63, 3.8) is 0 Å². The molecule has 0 bridgehead atoms. The van der Waals surface area contributed by atoms with Crippen molar-refractivity contribution in [1.29, 1.82) is 0 Å². The summed E-state index contributed by atoms with van der Waals surface area (Å²) in [4.78, 5) is 5.51. The van der Waals surface area contributed by atoms with Crippen LogP contribution in [-0.4, -0.2) is 15.2 Å². The van der Waals surface area contributed by atoms with Crippen LogP contribution in [0.1, 0.15) is 22.9 Å². The molecule has 4 nitrogen and oxygen atoms in total. The first-order chi connectivity index (χ1) is 7.65. The molecule has 1 atom stereocenters. The van der Waals surface area contributed by atoms with Gasteiger partial charge in [-0.3, -0.25) is 0 Å². The van der Waals surface area contributed by atoms with Crippen LogP contribution in [0, 0.1) is 6.92 Å². The summed E-state index contributed by atoms with van der Waals surface area (Å²) in [5.41, 5.74) is 0. The van der Waals surface area contributed by atoms with Crippen molar-refractivity contribution >= 4 is 28.8 Å². The van der Waals surface area contributed by atoms with E-state index in [2.05, 4.69) is 20.5 Å². The van der Waals surface area contributed by atoms with Gasteiger partial charge in [-0.1, -0.05) is 11.6 Å². The van der Waals surface area contributed by atoms with Gasteiger partial charge in [0, 0.05) is 11.1 Å². The lowest BCUT2D eigenvalue weighted by Gasteiger charge is -2.10. The quantitative estimate of drug-likeness (QED) is 0.915. The summed E-state index contributed by atoms with van der Waals surface area (Å²) in [5.74, 6) is 0.699. The predicted molar refractivity (Wildman–Crippen MR) is 65.9 cm³/mol. The third kappa shape index (κ3) is 2.68. The minimum absolute atomic E-state index is 0.120. The second kappa shape index (κ2) is 4.76. The maximum absolute atomic E-state index is 5.66. The van der Waals surface area contributed by atoms with Crippen LogP contribution in [0.15, 0.2) is 18.3 Å². The Kier molecular flexibility index (Phi) is 3.36. The van der Waals surface area contributed by atoms with E-state index in [4.69, 9.17) is 11.6 Å². The minimum atomic E-state index is 0.120. The number of thiazole rings is 1. The molecule has 0 aliphatic rings. The number of anilines is 1. The first-order valence-electron chi connectivity index (χ1n) is 4.83. The molecule has 0 aliphatic heterocycles. The molecule has 0 radical (unpaired) electrons. The Balaban J connectivity index is 2.07. The monoisotopic (exact) mass is 254 g/mol. The second-order valence-electron chi connectivity index (χ2n) is 3.42. The molecular weight excluding hydrogens is 244 g/mol. The summed E-state index contributed by atoms with van der Waals surface area (Å²) in [6.07, 6.45) is 1.87. The van der Waals surface area contributed by atoms with Crippen molar-refractivity contribution in [2.75, 3.05) is 5.32 Å². The lowest BCUT2D eigenvalue weighted by Crippen LogP contribution is -2.07. The van der Waals surface area contributed by atoms with Gasteiger partial charge in [0.05, 0.1) is 6.04 Å². The van der Waals surface area contributed by atoms with Crippen molar-refractivity contribution in [3.8, 4) is 0 Å². The van der Waals surface area contributed by atoms with E-state index in [1.54, 1.807) is 23.5 Å². The highest BCUT2D eigenvalue weighted by molar-refractivity contribution is 7.11. The van der Waals surface area contributed by atoms with Crippen LogP contribution in [0.25, 0.3) is 0 Å². The largest absolute Gasteiger partial charge is 0.360 e. The topological polar surface area (TPSA) is 50.7 Å². The first kappa shape index (κ1) is 11.3. The Hall–Kier alpha value is -1.20. The number of nitrogens with one attached hydrogen (secondary N) is 1. The molecule has 2 heterocycles. The van der Waals surface area contributed by atoms with Gasteiger partial charge in [0.15, 0.2) is 5.15 Å². The lowest BCUT2D eigenvalue weighted by atomic mass is 10.3. The van der Waals surface area contributed by atoms with Crippen LogP contribution < -0.4 is 5.32 Å². The van der Waals surface area contributed by atoms with Crippen molar-refractivity contribution in [2.24, 2.45) is 0 Å². The fourth-order valence-corrected chi connectivity index (χ4v) is 2.13. The third-order valence-electron chi connectivity index (χ3n) is 2.01. The highest BCUT2D eigenvalue weighted by atomic mass is 35.5. The van der Waals surface area contributed by atoms with Gasteiger partial charge < -0.3 is 5.32 Å². The van der Waals surface area contributed by atoms with E-state index in [9.17, 15) is 0 Å². The highest BCUT2D eigenvalue weighted by Crippen LogP contribution is 2.22. The predicted octanol–water partition coefficient (Wildman–Crippen LogP) is 3.07. The van der Waals surface area contributed by atoms with Crippen LogP contribution in [0.3, 0.4) is 0 Å². The van der Waals surface area contributed by atoms with Gasteiger partial charge in [-0.05, 0) is 26.0 Å². The molecule has 2 rings (SSSR count). The zero-order chi connectivity index (χ0) is 11.5. The maximum atomic E-state index is 5.66. The molecule has 2 aromatic heterocycles. The minimum Gasteiger partial charge on any atom is -0.360 e. The fourth-order valence-electron chi connectivity index (χ4n) is 1.25. The van der Waals surface area contributed by atoms with E-state index in [1.165, 1.54) is 4.88 Å². The SMILES string of the molecule is Cc1cnc(C(C)Nc2ccc(Cl)nn2)s1. The van der Waals surface area contributed by atoms with Crippen LogP contribution in [0.5, 0.6) is 0 Å². The van der Waals surface area contributed by atoms with E-state index in [0.29, 0.717) is 11.0 Å². The van der Waals surface area contributed by atoms with Gasteiger partial charge in [-0.2, -0.15) is 0 Å². The van der Waals surface area contributed by atoms with E-state index in [-0.39, 0.29) is 6.04 Å². The summed E-state index contributed by atoms with van der Waals surface area (Å²) in [6.45, 7) is 4.07. The Labute approximate surface area is 103 Å². The van der Waals surface area contributed by atoms with E-state index in [0.717, 1.165) is 5.01 Å². The molecule has 1 unspecified atom stereocenters. The van der Waals surface area contributed by atoms with Crippen LogP contribution >= 0.6 is 22.9 Å². The van der Waals surface area contributed by atoms with Gasteiger partial charge in [0.2, 0.25) is 0 Å². The summed E-state index contributed by atoms with van der Waals surface area (Å²) in [7, 11) is 0. The Morgan fingerprint density at radius 3 is 2.75 bits per heavy atom. The summed E-state index contributed by atoms with van der Waals surface area (Å²) < 4.78 is 0. The van der Waals surface area contributed by atoms with Crippen LogP contribution in [0.2, 0.25) is 5.15 Å². The number of hydrogen-bond acceptors (Lipinski definition) is 5. The van der Waals surface area contributed by atoms with Gasteiger partial charge in [-0.15, -0.1) is 21.5 Å². The molecular formula is C10H11ClN4S. The first-order valence-corrected chi connectivity index (χ1v) is 6.02. The number of halogens is 1. The zero-order valence-corrected chi connectivity index (χ0v) is 10.5. The molecule has 0 amide bonds. The van der Waals surface area contributed by atoms with E-state index in [1.807, 2.05) is 20.0 Å². The molecule has 6 heteroatoms. The van der Waals surface area contributed by atoms with Gasteiger partial charge >= 0.3 is 0 Å². The second-order valence-corrected chi connectivity index (χ2v) is 5.07. The Bertz CT molecular complexity index is 468. The molecule has 2 aromatic rings. The average molecular weight is 255 g/mol. The average Bonchev–Trinajstić information content (AvgIpc) is 2.68. The van der Waals surface area contributed by atoms with Gasteiger partial charge in [0.25, 0.3) is 0 Å². The van der Waals surface area contributed by atoms with E-state index >= 15 is 0 Å². The highest BCUT2D eigenvalue weighted by Gasteiger charge is 2.09. The molecule has 16 heavy (non-hydrogen) atoms. The maximum Gasteiger partial charge on any atom is 0.151 e. The number of aromatic nitrogens is 3.